The van der Waals surface area contributed by atoms with Crippen molar-refractivity contribution in [3.8, 4) is 5.75 Å². The molecule has 1 aromatic heterocycles. The SMILES string of the molecule is COCCn1cncc1CN1CCCC(C(=O)c2ccc(OC)cc2C)C1. The van der Waals surface area contributed by atoms with E-state index in [2.05, 4.69) is 14.5 Å². The van der Waals surface area contributed by atoms with E-state index in [1.165, 1.54) is 5.69 Å². The van der Waals surface area contributed by atoms with Gasteiger partial charge in [-0.3, -0.25) is 9.69 Å². The Hall–Kier alpha value is -2.18. The van der Waals surface area contributed by atoms with Crippen molar-refractivity contribution in [2.75, 3.05) is 33.9 Å². The molecule has 1 aliphatic heterocycles. The number of hydrogen-bond donors (Lipinski definition) is 0. The standard InChI is InChI=1S/C21H29N3O3/c1-16-11-19(27-3)6-7-20(16)21(25)17-5-4-8-23(13-17)14-18-12-22-15-24(18)9-10-26-2/h6-7,11-12,15,17H,4-5,8-10,13-14H2,1-3H3. The van der Waals surface area contributed by atoms with Gasteiger partial charge in [0.05, 0.1) is 25.7 Å². The maximum atomic E-state index is 13.1. The number of piperidine rings is 1. The lowest BCUT2D eigenvalue weighted by atomic mass is 9.88. The molecule has 0 aliphatic carbocycles. The second-order valence-corrected chi connectivity index (χ2v) is 7.19. The number of ketones is 1. The number of ether oxygens (including phenoxy) is 2. The van der Waals surface area contributed by atoms with E-state index in [0.29, 0.717) is 6.61 Å². The summed E-state index contributed by atoms with van der Waals surface area (Å²) in [5, 5.41) is 0. The molecule has 0 saturated carbocycles. The van der Waals surface area contributed by atoms with Crippen LogP contribution in [0.4, 0.5) is 0 Å². The first-order valence-electron chi connectivity index (χ1n) is 9.51. The van der Waals surface area contributed by atoms with Crippen LogP contribution >= 0.6 is 0 Å². The van der Waals surface area contributed by atoms with E-state index in [-0.39, 0.29) is 11.7 Å². The van der Waals surface area contributed by atoms with E-state index in [1.807, 2.05) is 37.6 Å². The summed E-state index contributed by atoms with van der Waals surface area (Å²) >= 11 is 0. The monoisotopic (exact) mass is 371 g/mol. The third-order valence-electron chi connectivity index (χ3n) is 5.30. The van der Waals surface area contributed by atoms with Crippen LogP contribution in [0.5, 0.6) is 5.75 Å². The molecule has 1 aliphatic rings. The molecule has 146 valence electrons. The fraction of sp³-hybridized carbons (Fsp3) is 0.524. The molecule has 6 heteroatoms. The number of benzene rings is 1. The molecule has 0 amide bonds. The van der Waals surface area contributed by atoms with E-state index in [0.717, 1.165) is 55.9 Å². The Bertz CT molecular complexity index is 772. The Morgan fingerprint density at radius 2 is 2.19 bits per heavy atom. The molecule has 1 fully saturated rings. The molecule has 1 aromatic carbocycles. The molecule has 0 radical (unpaired) electrons. The second-order valence-electron chi connectivity index (χ2n) is 7.19. The summed E-state index contributed by atoms with van der Waals surface area (Å²) in [6.45, 7) is 6.06. The van der Waals surface area contributed by atoms with Crippen molar-refractivity contribution in [3.63, 3.8) is 0 Å². The minimum absolute atomic E-state index is 0.0428. The zero-order chi connectivity index (χ0) is 19.2. The summed E-state index contributed by atoms with van der Waals surface area (Å²) in [5.41, 5.74) is 2.96. The van der Waals surface area contributed by atoms with E-state index < -0.39 is 0 Å². The molecule has 2 heterocycles. The van der Waals surface area contributed by atoms with Crippen molar-refractivity contribution in [2.45, 2.75) is 32.9 Å². The highest BCUT2D eigenvalue weighted by Crippen LogP contribution is 2.25. The number of aromatic nitrogens is 2. The van der Waals surface area contributed by atoms with Crippen LogP contribution in [0.1, 0.15) is 34.5 Å². The van der Waals surface area contributed by atoms with Gasteiger partial charge in [-0.2, -0.15) is 0 Å². The maximum absolute atomic E-state index is 13.1. The zero-order valence-corrected chi connectivity index (χ0v) is 16.5. The van der Waals surface area contributed by atoms with Crippen LogP contribution in [0.15, 0.2) is 30.7 Å². The number of hydrogen-bond acceptors (Lipinski definition) is 5. The van der Waals surface area contributed by atoms with Gasteiger partial charge in [0.25, 0.3) is 0 Å². The number of carbonyl (C=O) groups is 1. The Kier molecular flexibility index (Phi) is 6.63. The lowest BCUT2D eigenvalue weighted by Crippen LogP contribution is -2.38. The summed E-state index contributed by atoms with van der Waals surface area (Å²) in [6, 6.07) is 5.70. The number of likely N-dealkylation sites (tertiary alicyclic amines) is 1. The fourth-order valence-electron chi connectivity index (χ4n) is 3.77. The van der Waals surface area contributed by atoms with Gasteiger partial charge in [-0.25, -0.2) is 4.98 Å². The Morgan fingerprint density at radius 3 is 2.93 bits per heavy atom. The first-order valence-corrected chi connectivity index (χ1v) is 9.51. The average molecular weight is 371 g/mol. The number of carbonyl (C=O) groups excluding carboxylic acids is 1. The van der Waals surface area contributed by atoms with Crippen molar-refractivity contribution in [1.82, 2.24) is 14.5 Å². The minimum Gasteiger partial charge on any atom is -0.497 e. The highest BCUT2D eigenvalue weighted by Gasteiger charge is 2.28. The largest absolute Gasteiger partial charge is 0.497 e. The number of imidazole rings is 1. The Balaban J connectivity index is 1.65. The van der Waals surface area contributed by atoms with Gasteiger partial charge in [0.15, 0.2) is 5.78 Å². The van der Waals surface area contributed by atoms with Crippen molar-refractivity contribution in [2.24, 2.45) is 5.92 Å². The van der Waals surface area contributed by atoms with E-state index in [4.69, 9.17) is 9.47 Å². The zero-order valence-electron chi connectivity index (χ0n) is 16.5. The number of nitrogens with zero attached hydrogens (tertiary/aromatic N) is 3. The van der Waals surface area contributed by atoms with E-state index >= 15 is 0 Å². The molecule has 0 N–H and O–H groups in total. The van der Waals surface area contributed by atoms with Crippen LogP contribution in [-0.4, -0.2) is 54.2 Å². The van der Waals surface area contributed by atoms with Gasteiger partial charge < -0.3 is 14.0 Å². The third kappa shape index (κ3) is 4.76. The molecule has 0 bridgehead atoms. The second kappa shape index (κ2) is 9.15. The molecule has 0 spiro atoms. The normalized spacial score (nSPS) is 17.8. The summed E-state index contributed by atoms with van der Waals surface area (Å²) in [4.78, 5) is 19.7. The van der Waals surface area contributed by atoms with Crippen LogP contribution < -0.4 is 4.74 Å². The first-order chi connectivity index (χ1) is 13.1. The molecule has 27 heavy (non-hydrogen) atoms. The third-order valence-corrected chi connectivity index (χ3v) is 5.30. The molecule has 6 nitrogen and oxygen atoms in total. The molecule has 1 atom stereocenters. The number of Topliss-reactive ketones (excluding diaryl/α,β-unsaturated/α-hetero) is 1. The van der Waals surface area contributed by atoms with E-state index in [1.54, 1.807) is 14.2 Å². The van der Waals surface area contributed by atoms with Crippen molar-refractivity contribution < 1.29 is 14.3 Å². The number of rotatable bonds is 8. The van der Waals surface area contributed by atoms with Gasteiger partial charge in [0.2, 0.25) is 0 Å². The van der Waals surface area contributed by atoms with E-state index in [9.17, 15) is 4.79 Å². The summed E-state index contributed by atoms with van der Waals surface area (Å²) in [6.07, 6.45) is 5.75. The maximum Gasteiger partial charge on any atom is 0.167 e. The minimum atomic E-state index is 0.0428. The quantitative estimate of drug-likeness (QED) is 0.668. The van der Waals surface area contributed by atoms with Crippen molar-refractivity contribution >= 4 is 5.78 Å². The summed E-state index contributed by atoms with van der Waals surface area (Å²) in [5.74, 6) is 1.08. The van der Waals surface area contributed by atoms with Crippen LogP contribution in [0.25, 0.3) is 0 Å². The molecular formula is C21H29N3O3. The fourth-order valence-corrected chi connectivity index (χ4v) is 3.77. The molecule has 1 unspecified atom stereocenters. The number of methoxy groups -OCH3 is 2. The van der Waals surface area contributed by atoms with Crippen molar-refractivity contribution in [1.29, 1.82) is 0 Å². The first kappa shape index (κ1) is 19.6. The Morgan fingerprint density at radius 1 is 1.33 bits per heavy atom. The van der Waals surface area contributed by atoms with Gasteiger partial charge in [0, 0.05) is 44.4 Å². The van der Waals surface area contributed by atoms with Gasteiger partial charge in [-0.05, 0) is 50.1 Å². The van der Waals surface area contributed by atoms with Gasteiger partial charge in [-0.15, -0.1) is 0 Å². The van der Waals surface area contributed by atoms with Crippen LogP contribution in [-0.2, 0) is 17.8 Å². The molecular weight excluding hydrogens is 342 g/mol. The smallest absolute Gasteiger partial charge is 0.167 e. The van der Waals surface area contributed by atoms with Gasteiger partial charge in [-0.1, -0.05) is 0 Å². The van der Waals surface area contributed by atoms with Gasteiger partial charge in [0.1, 0.15) is 5.75 Å². The molecule has 3 rings (SSSR count). The lowest BCUT2D eigenvalue weighted by Gasteiger charge is -2.32. The van der Waals surface area contributed by atoms with Crippen LogP contribution in [0.2, 0.25) is 0 Å². The van der Waals surface area contributed by atoms with Gasteiger partial charge >= 0.3 is 0 Å². The summed E-state index contributed by atoms with van der Waals surface area (Å²) in [7, 11) is 3.35. The van der Waals surface area contributed by atoms with Crippen LogP contribution in [0.3, 0.4) is 0 Å². The van der Waals surface area contributed by atoms with Crippen molar-refractivity contribution in [3.05, 3.63) is 47.5 Å². The van der Waals surface area contributed by atoms with Crippen LogP contribution in [0, 0.1) is 12.8 Å². The highest BCUT2D eigenvalue weighted by atomic mass is 16.5. The Labute approximate surface area is 161 Å². The lowest BCUT2D eigenvalue weighted by molar-refractivity contribution is 0.0807. The highest BCUT2D eigenvalue weighted by molar-refractivity contribution is 5.99. The topological polar surface area (TPSA) is 56.6 Å². The predicted molar refractivity (Wildman–Crippen MR) is 104 cm³/mol. The average Bonchev–Trinajstić information content (AvgIpc) is 3.12. The molecule has 2 aromatic rings. The summed E-state index contributed by atoms with van der Waals surface area (Å²) < 4.78 is 12.6. The predicted octanol–water partition coefficient (Wildman–Crippen LogP) is 2.94. The molecule has 1 saturated heterocycles. The number of aryl methyl sites for hydroxylation is 1.